The van der Waals surface area contributed by atoms with Crippen molar-refractivity contribution in [1.82, 2.24) is 0 Å². The molecule has 4 heteroatoms. The molecule has 0 radical (unpaired) electrons. The Labute approximate surface area is 156 Å². The van der Waals surface area contributed by atoms with Gasteiger partial charge in [0.15, 0.2) is 0 Å². The molecule has 0 aromatic heterocycles. The molecule has 23 heavy (non-hydrogen) atoms. The van der Waals surface area contributed by atoms with Crippen molar-refractivity contribution < 1.29 is 12.3 Å². The van der Waals surface area contributed by atoms with E-state index in [1.807, 2.05) is 0 Å². The summed E-state index contributed by atoms with van der Waals surface area (Å²) in [7, 11) is 12.8. The van der Waals surface area contributed by atoms with Crippen molar-refractivity contribution >= 4 is 28.0 Å². The first-order valence-corrected chi connectivity index (χ1v) is 15.3. The average molecular weight is 412 g/mol. The van der Waals surface area contributed by atoms with E-state index >= 15 is 0 Å². The first-order chi connectivity index (χ1) is 11.3. The molecule has 0 aliphatic heterocycles. The first-order valence-electron chi connectivity index (χ1n) is 9.47. The van der Waals surface area contributed by atoms with Crippen LogP contribution in [0.25, 0.3) is 0 Å². The van der Waals surface area contributed by atoms with Crippen LogP contribution >= 0.6 is 28.0 Å². The quantitative estimate of drug-likeness (QED) is 0.393. The zero-order valence-electron chi connectivity index (χ0n) is 14.1. The molecule has 0 bridgehead atoms. The molecule has 3 aliphatic rings. The van der Waals surface area contributed by atoms with Gasteiger partial charge >= 0.3 is 157 Å². The van der Waals surface area contributed by atoms with Crippen LogP contribution in [0.5, 0.6) is 0 Å². The molecule has 3 rings (SSSR count). The van der Waals surface area contributed by atoms with Crippen molar-refractivity contribution in [1.29, 1.82) is 0 Å². The average Bonchev–Trinajstić information content (AvgIpc) is 3.06. The number of halogens is 2. The fourth-order valence-electron chi connectivity index (χ4n) is 4.66. The van der Waals surface area contributed by atoms with Gasteiger partial charge in [-0.25, -0.2) is 0 Å². The SMILES string of the molecule is [Cl][Cr]([Cl])[C]1=C(CCP(C2CCCCC2)C2CCCCC2)C=CC1. The Kier molecular flexibility index (Phi) is 7.89. The van der Waals surface area contributed by atoms with Crippen LogP contribution in [0.1, 0.15) is 77.0 Å². The molecule has 0 heterocycles. The molecule has 2 saturated carbocycles. The topological polar surface area (TPSA) is 0 Å². The van der Waals surface area contributed by atoms with Crippen molar-refractivity contribution in [3.05, 3.63) is 22.2 Å². The van der Waals surface area contributed by atoms with Gasteiger partial charge in [-0.05, 0) is 0 Å². The number of hydrogen-bond acceptors (Lipinski definition) is 0. The second-order valence-electron chi connectivity index (χ2n) is 7.34. The van der Waals surface area contributed by atoms with E-state index in [0.717, 1.165) is 17.7 Å². The fourth-order valence-corrected chi connectivity index (χ4v) is 10.8. The van der Waals surface area contributed by atoms with Gasteiger partial charge < -0.3 is 0 Å². The predicted octanol–water partition coefficient (Wildman–Crippen LogP) is 7.66. The molecule has 0 saturated heterocycles. The van der Waals surface area contributed by atoms with Crippen LogP contribution < -0.4 is 0 Å². The molecule has 131 valence electrons. The summed E-state index contributed by atoms with van der Waals surface area (Å²) in [5.41, 5.74) is 3.64. The van der Waals surface area contributed by atoms with E-state index in [-0.39, 0.29) is 7.92 Å². The molecule has 0 amide bonds. The van der Waals surface area contributed by atoms with E-state index in [9.17, 15) is 0 Å². The van der Waals surface area contributed by atoms with Gasteiger partial charge in [0.1, 0.15) is 0 Å². The van der Waals surface area contributed by atoms with Crippen LogP contribution in [0.15, 0.2) is 22.2 Å². The maximum atomic E-state index is 6.29. The van der Waals surface area contributed by atoms with Crippen molar-refractivity contribution in [2.75, 3.05) is 6.16 Å². The zero-order chi connectivity index (χ0) is 16.1. The molecule has 0 atom stereocenters. The second-order valence-corrected chi connectivity index (χ2v) is 14.9. The Bertz CT molecular complexity index is 417. The number of allylic oxidation sites excluding steroid dienone is 4. The summed E-state index contributed by atoms with van der Waals surface area (Å²) in [5, 5.41) is 0. The maximum absolute atomic E-state index is 6.29. The third kappa shape index (κ3) is 5.25. The molecule has 2 fully saturated rings. The summed E-state index contributed by atoms with van der Waals surface area (Å²) in [6.07, 6.45) is 23.3. The molecular weight excluding hydrogens is 382 g/mol. The van der Waals surface area contributed by atoms with E-state index in [1.165, 1.54) is 86.8 Å². The van der Waals surface area contributed by atoms with Crippen molar-refractivity contribution in [2.24, 2.45) is 0 Å². The third-order valence-corrected chi connectivity index (χ3v) is 12.3. The van der Waals surface area contributed by atoms with Gasteiger partial charge in [-0.1, -0.05) is 0 Å². The van der Waals surface area contributed by atoms with Crippen LogP contribution in [0.2, 0.25) is 0 Å². The summed E-state index contributed by atoms with van der Waals surface area (Å²) in [6.45, 7) is 0. The molecule has 0 N–H and O–H groups in total. The van der Waals surface area contributed by atoms with Gasteiger partial charge in [0.2, 0.25) is 0 Å². The van der Waals surface area contributed by atoms with Gasteiger partial charge in [-0.15, -0.1) is 0 Å². The minimum absolute atomic E-state index is 0.208. The summed E-state index contributed by atoms with van der Waals surface area (Å²) in [5.74, 6) is 0. The Morgan fingerprint density at radius 3 is 2.00 bits per heavy atom. The predicted molar refractivity (Wildman–Crippen MR) is 103 cm³/mol. The molecular formula is C19H30Cl2CrP. The zero-order valence-corrected chi connectivity index (χ0v) is 17.8. The number of hydrogen-bond donors (Lipinski definition) is 0. The van der Waals surface area contributed by atoms with Crippen molar-refractivity contribution in [3.63, 3.8) is 0 Å². The van der Waals surface area contributed by atoms with E-state index in [0.29, 0.717) is 0 Å². The minimum atomic E-state index is -1.51. The summed E-state index contributed by atoms with van der Waals surface area (Å²) in [4.78, 5) is 0. The van der Waals surface area contributed by atoms with E-state index < -0.39 is 12.3 Å². The molecule has 0 nitrogen and oxygen atoms in total. The van der Waals surface area contributed by atoms with E-state index in [4.69, 9.17) is 20.1 Å². The molecule has 0 aromatic rings. The molecule has 0 aromatic carbocycles. The second kappa shape index (κ2) is 9.65. The number of rotatable bonds is 6. The molecule has 0 unspecified atom stereocenters. The Morgan fingerprint density at radius 1 is 0.913 bits per heavy atom. The van der Waals surface area contributed by atoms with Crippen LogP contribution in [0.3, 0.4) is 0 Å². The van der Waals surface area contributed by atoms with Gasteiger partial charge in [0.25, 0.3) is 0 Å². The van der Waals surface area contributed by atoms with Gasteiger partial charge in [-0.2, -0.15) is 0 Å². The van der Waals surface area contributed by atoms with E-state index in [2.05, 4.69) is 12.2 Å². The monoisotopic (exact) mass is 411 g/mol. The first kappa shape index (κ1) is 18.8. The normalized spacial score (nSPS) is 24.3. The molecule has 3 aliphatic carbocycles. The van der Waals surface area contributed by atoms with Gasteiger partial charge in [-0.3, -0.25) is 0 Å². The molecule has 0 spiro atoms. The Balaban J connectivity index is 1.65. The van der Waals surface area contributed by atoms with Crippen LogP contribution in [-0.4, -0.2) is 17.5 Å². The van der Waals surface area contributed by atoms with Crippen molar-refractivity contribution in [3.8, 4) is 0 Å². The van der Waals surface area contributed by atoms with Gasteiger partial charge in [0, 0.05) is 0 Å². The standard InChI is InChI=1S/C19H30P.2ClH.Cr/c1-3-11-18(12-4-1)20(19-13-5-2-6-14-19)16-15-17-9-7-8-10-17;;;/h7,9,18-19H,1-6,8,11-16H2;2*1H;/q;;;+2/p-2. The Morgan fingerprint density at radius 2 is 1.48 bits per heavy atom. The summed E-state index contributed by atoms with van der Waals surface area (Å²) in [6, 6.07) is 0. The van der Waals surface area contributed by atoms with Crippen molar-refractivity contribution in [2.45, 2.75) is 88.4 Å². The summed E-state index contributed by atoms with van der Waals surface area (Å²) < 4.78 is 1.40. The fraction of sp³-hybridized carbons (Fsp3) is 0.789. The van der Waals surface area contributed by atoms with E-state index in [1.54, 1.807) is 0 Å². The van der Waals surface area contributed by atoms with Crippen LogP contribution in [0, 0.1) is 0 Å². The van der Waals surface area contributed by atoms with Crippen LogP contribution in [0.4, 0.5) is 0 Å². The van der Waals surface area contributed by atoms with Gasteiger partial charge in [0.05, 0.1) is 0 Å². The Hall–Kier alpha value is 1.02. The third-order valence-electron chi connectivity index (χ3n) is 5.89. The summed E-state index contributed by atoms with van der Waals surface area (Å²) >= 11 is -1.51. The van der Waals surface area contributed by atoms with Crippen LogP contribution in [-0.2, 0) is 12.3 Å².